The Morgan fingerprint density at radius 2 is 1.60 bits per heavy atom. The van der Waals surface area contributed by atoms with Crippen molar-refractivity contribution in [2.24, 2.45) is 0 Å². The summed E-state index contributed by atoms with van der Waals surface area (Å²) in [4.78, 5) is 11.9. The molecule has 104 valence electrons. The predicted molar refractivity (Wildman–Crippen MR) is 77.0 cm³/mol. The first-order valence-corrected chi connectivity index (χ1v) is 6.37. The Hall–Kier alpha value is -2.49. The van der Waals surface area contributed by atoms with E-state index in [0.717, 1.165) is 5.56 Å². The predicted octanol–water partition coefficient (Wildman–Crippen LogP) is 3.54. The molecule has 20 heavy (non-hydrogen) atoms. The smallest absolute Gasteiger partial charge is 0.413 e. The average Bonchev–Trinajstić information content (AvgIpc) is 2.48. The number of rotatable bonds is 4. The SMILES string of the molecule is COc1ccccc1OC(=O)NC(C)c1ccccc1. The van der Waals surface area contributed by atoms with Crippen LogP contribution in [0.5, 0.6) is 11.5 Å². The topological polar surface area (TPSA) is 47.6 Å². The van der Waals surface area contributed by atoms with E-state index in [2.05, 4.69) is 5.32 Å². The van der Waals surface area contributed by atoms with Crippen molar-refractivity contribution in [2.75, 3.05) is 7.11 Å². The number of hydrogen-bond acceptors (Lipinski definition) is 3. The molecule has 0 heterocycles. The number of carbonyl (C=O) groups is 1. The molecule has 0 aliphatic carbocycles. The van der Waals surface area contributed by atoms with Crippen LogP contribution in [0.2, 0.25) is 0 Å². The first-order chi connectivity index (χ1) is 9.70. The van der Waals surface area contributed by atoms with Gasteiger partial charge in [0, 0.05) is 0 Å². The standard InChI is InChI=1S/C16H17NO3/c1-12(13-8-4-3-5-9-13)17-16(18)20-15-11-7-6-10-14(15)19-2/h3-12H,1-2H3,(H,17,18). The normalized spacial score (nSPS) is 11.5. The van der Waals surface area contributed by atoms with Gasteiger partial charge in [0.1, 0.15) is 0 Å². The summed E-state index contributed by atoms with van der Waals surface area (Å²) in [6.45, 7) is 1.90. The summed E-state index contributed by atoms with van der Waals surface area (Å²) >= 11 is 0. The Labute approximate surface area is 118 Å². The third-order valence-electron chi connectivity index (χ3n) is 2.91. The average molecular weight is 271 g/mol. The van der Waals surface area contributed by atoms with Crippen LogP contribution in [0, 0.1) is 0 Å². The van der Waals surface area contributed by atoms with Gasteiger partial charge in [0.2, 0.25) is 0 Å². The Morgan fingerprint density at radius 1 is 1.00 bits per heavy atom. The maximum atomic E-state index is 11.9. The molecular formula is C16H17NO3. The van der Waals surface area contributed by atoms with Gasteiger partial charge in [-0.25, -0.2) is 4.79 Å². The van der Waals surface area contributed by atoms with Crippen LogP contribution in [-0.2, 0) is 0 Å². The molecule has 0 aliphatic heterocycles. The maximum absolute atomic E-state index is 11.9. The van der Waals surface area contributed by atoms with E-state index in [1.54, 1.807) is 18.2 Å². The van der Waals surface area contributed by atoms with Crippen LogP contribution in [0.25, 0.3) is 0 Å². The van der Waals surface area contributed by atoms with Crippen LogP contribution < -0.4 is 14.8 Å². The highest BCUT2D eigenvalue weighted by Gasteiger charge is 2.12. The van der Waals surface area contributed by atoms with Crippen LogP contribution in [-0.4, -0.2) is 13.2 Å². The van der Waals surface area contributed by atoms with Crippen molar-refractivity contribution in [1.29, 1.82) is 0 Å². The number of para-hydroxylation sites is 2. The molecule has 2 aromatic rings. The second kappa shape index (κ2) is 6.61. The molecule has 1 N–H and O–H groups in total. The maximum Gasteiger partial charge on any atom is 0.413 e. The number of carbonyl (C=O) groups excluding carboxylic acids is 1. The Morgan fingerprint density at radius 3 is 2.25 bits per heavy atom. The lowest BCUT2D eigenvalue weighted by Gasteiger charge is -2.15. The highest BCUT2D eigenvalue weighted by Crippen LogP contribution is 2.26. The summed E-state index contributed by atoms with van der Waals surface area (Å²) < 4.78 is 10.4. The van der Waals surface area contributed by atoms with Crippen LogP contribution in [0.4, 0.5) is 4.79 Å². The third-order valence-corrected chi connectivity index (χ3v) is 2.91. The van der Waals surface area contributed by atoms with Gasteiger partial charge in [-0.2, -0.15) is 0 Å². The molecule has 0 aliphatic rings. The second-order valence-electron chi connectivity index (χ2n) is 4.32. The van der Waals surface area contributed by atoms with E-state index in [-0.39, 0.29) is 6.04 Å². The molecular weight excluding hydrogens is 254 g/mol. The lowest BCUT2D eigenvalue weighted by Crippen LogP contribution is -2.29. The first-order valence-electron chi connectivity index (χ1n) is 6.37. The van der Waals surface area contributed by atoms with Gasteiger partial charge in [-0.1, -0.05) is 42.5 Å². The molecule has 0 saturated carbocycles. The quantitative estimate of drug-likeness (QED) is 0.925. The summed E-state index contributed by atoms with van der Waals surface area (Å²) in [5.41, 5.74) is 1.02. The van der Waals surface area contributed by atoms with E-state index in [0.29, 0.717) is 11.5 Å². The third kappa shape index (κ3) is 3.51. The number of benzene rings is 2. The van der Waals surface area contributed by atoms with Crippen molar-refractivity contribution in [3.63, 3.8) is 0 Å². The summed E-state index contributed by atoms with van der Waals surface area (Å²) in [6, 6.07) is 16.6. The van der Waals surface area contributed by atoms with Crippen molar-refractivity contribution in [3.05, 3.63) is 60.2 Å². The second-order valence-corrected chi connectivity index (χ2v) is 4.32. The molecule has 1 atom stereocenters. The van der Waals surface area contributed by atoms with Gasteiger partial charge in [-0.05, 0) is 24.6 Å². The molecule has 1 amide bonds. The fourth-order valence-electron chi connectivity index (χ4n) is 1.83. The molecule has 2 rings (SSSR count). The molecule has 0 fully saturated rings. The number of nitrogens with one attached hydrogen (secondary N) is 1. The molecule has 0 saturated heterocycles. The van der Waals surface area contributed by atoms with Crippen LogP contribution >= 0.6 is 0 Å². The van der Waals surface area contributed by atoms with Gasteiger partial charge in [0.15, 0.2) is 11.5 Å². The number of ether oxygens (including phenoxy) is 2. The first kappa shape index (κ1) is 13.9. The van der Waals surface area contributed by atoms with E-state index >= 15 is 0 Å². The largest absolute Gasteiger partial charge is 0.493 e. The molecule has 0 aromatic heterocycles. The van der Waals surface area contributed by atoms with Gasteiger partial charge in [0.05, 0.1) is 13.2 Å². The van der Waals surface area contributed by atoms with E-state index in [9.17, 15) is 4.79 Å². The van der Waals surface area contributed by atoms with E-state index in [4.69, 9.17) is 9.47 Å². The van der Waals surface area contributed by atoms with Gasteiger partial charge >= 0.3 is 6.09 Å². The zero-order valence-electron chi connectivity index (χ0n) is 11.5. The molecule has 1 unspecified atom stereocenters. The minimum atomic E-state index is -0.508. The van der Waals surface area contributed by atoms with Crippen LogP contribution in [0.15, 0.2) is 54.6 Å². The lowest BCUT2D eigenvalue weighted by molar-refractivity contribution is 0.195. The molecule has 4 nitrogen and oxygen atoms in total. The highest BCUT2D eigenvalue weighted by atomic mass is 16.6. The van der Waals surface area contributed by atoms with Crippen molar-refractivity contribution >= 4 is 6.09 Å². The van der Waals surface area contributed by atoms with Crippen molar-refractivity contribution in [1.82, 2.24) is 5.32 Å². The Bertz CT molecular complexity index is 569. The van der Waals surface area contributed by atoms with Crippen LogP contribution in [0.3, 0.4) is 0 Å². The fourth-order valence-corrected chi connectivity index (χ4v) is 1.83. The zero-order chi connectivity index (χ0) is 14.4. The minimum absolute atomic E-state index is 0.126. The lowest BCUT2D eigenvalue weighted by atomic mass is 10.1. The summed E-state index contributed by atoms with van der Waals surface area (Å²) in [5, 5.41) is 2.78. The fraction of sp³-hybridized carbons (Fsp3) is 0.188. The monoisotopic (exact) mass is 271 g/mol. The Balaban J connectivity index is 1.99. The van der Waals surface area contributed by atoms with Gasteiger partial charge in [-0.15, -0.1) is 0 Å². The minimum Gasteiger partial charge on any atom is -0.493 e. The summed E-state index contributed by atoms with van der Waals surface area (Å²) in [7, 11) is 1.53. The molecule has 4 heteroatoms. The summed E-state index contributed by atoms with van der Waals surface area (Å²) in [5.74, 6) is 0.919. The Kier molecular flexibility index (Phi) is 4.60. The van der Waals surface area contributed by atoms with E-state index in [1.165, 1.54) is 7.11 Å². The molecule has 0 radical (unpaired) electrons. The van der Waals surface area contributed by atoms with Crippen molar-refractivity contribution < 1.29 is 14.3 Å². The van der Waals surface area contributed by atoms with E-state index in [1.807, 2.05) is 43.3 Å². The summed E-state index contributed by atoms with van der Waals surface area (Å²) in [6.07, 6.45) is -0.508. The van der Waals surface area contributed by atoms with Crippen molar-refractivity contribution in [3.8, 4) is 11.5 Å². The van der Waals surface area contributed by atoms with Gasteiger partial charge < -0.3 is 14.8 Å². The molecule has 0 spiro atoms. The number of methoxy groups -OCH3 is 1. The zero-order valence-corrected chi connectivity index (χ0v) is 11.5. The van der Waals surface area contributed by atoms with Gasteiger partial charge in [0.25, 0.3) is 0 Å². The van der Waals surface area contributed by atoms with Gasteiger partial charge in [-0.3, -0.25) is 0 Å². The highest BCUT2D eigenvalue weighted by molar-refractivity contribution is 5.71. The van der Waals surface area contributed by atoms with Crippen LogP contribution in [0.1, 0.15) is 18.5 Å². The van der Waals surface area contributed by atoms with E-state index < -0.39 is 6.09 Å². The molecule has 0 bridgehead atoms. The number of amides is 1. The van der Waals surface area contributed by atoms with Crippen molar-refractivity contribution in [2.45, 2.75) is 13.0 Å². The number of hydrogen-bond donors (Lipinski definition) is 1. The molecule has 2 aromatic carbocycles.